The lowest BCUT2D eigenvalue weighted by molar-refractivity contribution is -0.00100. The van der Waals surface area contributed by atoms with Gasteiger partial charge < -0.3 is 34.7 Å². The lowest BCUT2D eigenvalue weighted by Crippen LogP contribution is -3.00. The fraction of sp³-hybridized carbons (Fsp3) is 0.333. The van der Waals surface area contributed by atoms with Crippen LogP contribution in [0.5, 0.6) is 5.75 Å². The largest absolute Gasteiger partial charge is 1.00 e. The number of rotatable bonds is 7. The molecule has 0 amide bonds. The molecular weight excluding hydrogens is 419 g/mol. The summed E-state index contributed by atoms with van der Waals surface area (Å²) in [7, 11) is 0. The lowest BCUT2D eigenvalue weighted by Gasteiger charge is -2.35. The number of aliphatic hydroxyl groups excluding tert-OH is 1. The molecule has 0 spiro atoms. The van der Waals surface area contributed by atoms with Gasteiger partial charge in [-0.05, 0) is 28.5 Å². The van der Waals surface area contributed by atoms with Crippen LogP contribution in [0.2, 0.25) is 0 Å². The van der Waals surface area contributed by atoms with Gasteiger partial charge in [-0.1, -0.05) is 60.7 Å². The highest BCUT2D eigenvalue weighted by Gasteiger charge is 2.19. The third-order valence-corrected chi connectivity index (χ3v) is 5.35. The number of ether oxygens (including phenoxy) is 1. The van der Waals surface area contributed by atoms with Crippen LogP contribution in [-0.4, -0.2) is 60.3 Å². The van der Waals surface area contributed by atoms with Crippen LogP contribution in [0.3, 0.4) is 0 Å². The molecule has 1 fully saturated rings. The highest BCUT2D eigenvalue weighted by molar-refractivity contribution is 5.83. The molecule has 1 atom stereocenters. The van der Waals surface area contributed by atoms with Crippen molar-refractivity contribution in [3.8, 4) is 5.75 Å². The van der Waals surface area contributed by atoms with Crippen LogP contribution in [-0.2, 0) is 6.54 Å². The molecule has 0 radical (unpaired) electrons. The van der Waals surface area contributed by atoms with Crippen molar-refractivity contribution in [1.29, 1.82) is 0 Å². The van der Waals surface area contributed by atoms with Crippen molar-refractivity contribution in [2.24, 2.45) is 0 Å². The number of halogens is 2. The first-order chi connectivity index (χ1) is 13.8. The van der Waals surface area contributed by atoms with E-state index in [-0.39, 0.29) is 24.8 Å². The highest BCUT2D eigenvalue weighted by Crippen LogP contribution is 2.20. The molecular formula is C24H28Cl2N2O2-2. The van der Waals surface area contributed by atoms with E-state index in [1.807, 2.05) is 24.3 Å². The first-order valence-corrected chi connectivity index (χ1v) is 10.0. The molecule has 1 heterocycles. The van der Waals surface area contributed by atoms with Crippen molar-refractivity contribution in [3.05, 3.63) is 78.4 Å². The number of β-amino-alcohol motifs (C(OH)–C–C–N with tert-alkyl or cyclic N) is 1. The van der Waals surface area contributed by atoms with Gasteiger partial charge in [0.15, 0.2) is 0 Å². The van der Waals surface area contributed by atoms with Crippen molar-refractivity contribution in [2.75, 3.05) is 39.3 Å². The number of hydrogen-bond acceptors (Lipinski definition) is 4. The predicted molar refractivity (Wildman–Crippen MR) is 114 cm³/mol. The van der Waals surface area contributed by atoms with Gasteiger partial charge in [0.1, 0.15) is 18.5 Å². The predicted octanol–water partition coefficient (Wildman–Crippen LogP) is -2.59. The molecule has 0 bridgehead atoms. The van der Waals surface area contributed by atoms with E-state index in [0.29, 0.717) is 13.2 Å². The van der Waals surface area contributed by atoms with E-state index in [0.717, 1.165) is 43.9 Å². The summed E-state index contributed by atoms with van der Waals surface area (Å²) in [6.45, 7) is 6.03. The first kappa shape index (κ1) is 24.4. The van der Waals surface area contributed by atoms with Crippen LogP contribution in [0.4, 0.5) is 0 Å². The van der Waals surface area contributed by atoms with Gasteiger partial charge in [-0.2, -0.15) is 0 Å². The van der Waals surface area contributed by atoms with Crippen LogP contribution < -0.4 is 29.6 Å². The van der Waals surface area contributed by atoms with E-state index >= 15 is 0 Å². The molecule has 0 aliphatic carbocycles. The van der Waals surface area contributed by atoms with Gasteiger partial charge in [0, 0.05) is 39.3 Å². The van der Waals surface area contributed by atoms with E-state index < -0.39 is 6.10 Å². The molecule has 3 aromatic rings. The number of benzene rings is 3. The van der Waals surface area contributed by atoms with E-state index in [9.17, 15) is 5.11 Å². The minimum atomic E-state index is -0.479. The Morgan fingerprint density at radius 2 is 1.40 bits per heavy atom. The summed E-state index contributed by atoms with van der Waals surface area (Å²) < 4.78 is 5.83. The second-order valence-electron chi connectivity index (χ2n) is 7.54. The van der Waals surface area contributed by atoms with E-state index in [2.05, 4.69) is 58.3 Å². The molecule has 1 aliphatic rings. The van der Waals surface area contributed by atoms with Crippen LogP contribution in [0.25, 0.3) is 10.8 Å². The smallest absolute Gasteiger partial charge is 0.120 e. The van der Waals surface area contributed by atoms with Gasteiger partial charge >= 0.3 is 0 Å². The van der Waals surface area contributed by atoms with Gasteiger partial charge in [-0.15, -0.1) is 0 Å². The summed E-state index contributed by atoms with van der Waals surface area (Å²) in [5.41, 5.74) is 1.36. The molecule has 4 nitrogen and oxygen atoms in total. The fourth-order valence-corrected chi connectivity index (χ4v) is 3.77. The molecule has 0 aromatic heterocycles. The van der Waals surface area contributed by atoms with E-state index in [1.54, 1.807) is 0 Å². The second kappa shape index (κ2) is 12.1. The number of aliphatic hydroxyl groups is 1. The number of nitrogens with zero attached hydrogens (tertiary/aromatic N) is 2. The Labute approximate surface area is 191 Å². The van der Waals surface area contributed by atoms with Crippen molar-refractivity contribution in [3.63, 3.8) is 0 Å². The summed E-state index contributed by atoms with van der Waals surface area (Å²) in [6.07, 6.45) is -0.479. The standard InChI is InChI=1S/C24H28N2O2.2ClH/c27-23(19-28-24-11-10-21-8-4-5-9-22(21)16-24)18-26-14-12-25(13-15-26)17-20-6-2-1-3-7-20;;/h1-11,16,23,27H,12-15,17-19H2;2*1H/p-2. The average Bonchev–Trinajstić information content (AvgIpc) is 2.74. The Morgan fingerprint density at radius 3 is 2.13 bits per heavy atom. The zero-order chi connectivity index (χ0) is 19.2. The van der Waals surface area contributed by atoms with E-state index in [1.165, 1.54) is 10.9 Å². The monoisotopic (exact) mass is 446 g/mol. The van der Waals surface area contributed by atoms with Crippen molar-refractivity contribution >= 4 is 10.8 Å². The first-order valence-electron chi connectivity index (χ1n) is 10.0. The number of piperazine rings is 1. The zero-order valence-corrected chi connectivity index (χ0v) is 18.5. The molecule has 1 aliphatic heterocycles. The summed E-state index contributed by atoms with van der Waals surface area (Å²) in [4.78, 5) is 4.81. The summed E-state index contributed by atoms with van der Waals surface area (Å²) in [5.74, 6) is 0.811. The van der Waals surface area contributed by atoms with Crippen molar-refractivity contribution < 1.29 is 34.7 Å². The van der Waals surface area contributed by atoms with Gasteiger partial charge in [0.2, 0.25) is 0 Å². The maximum atomic E-state index is 10.4. The maximum absolute atomic E-state index is 10.4. The number of hydrogen-bond donors (Lipinski definition) is 1. The number of fused-ring (bicyclic) bond motifs is 1. The molecule has 30 heavy (non-hydrogen) atoms. The summed E-state index contributed by atoms with van der Waals surface area (Å²) in [5, 5.41) is 12.8. The van der Waals surface area contributed by atoms with Gasteiger partial charge in [0.25, 0.3) is 0 Å². The normalized spacial score (nSPS) is 15.8. The lowest BCUT2D eigenvalue weighted by atomic mass is 10.1. The van der Waals surface area contributed by atoms with Crippen LogP contribution in [0.1, 0.15) is 5.56 Å². The molecule has 4 rings (SSSR count). The Hall–Kier alpha value is -1.82. The average molecular weight is 447 g/mol. The maximum Gasteiger partial charge on any atom is 0.120 e. The molecule has 1 unspecified atom stereocenters. The Kier molecular flexibility index (Phi) is 9.89. The van der Waals surface area contributed by atoms with Crippen LogP contribution in [0.15, 0.2) is 72.8 Å². The van der Waals surface area contributed by atoms with Crippen molar-refractivity contribution in [1.82, 2.24) is 9.80 Å². The molecule has 3 aromatic carbocycles. The topological polar surface area (TPSA) is 35.9 Å². The molecule has 6 heteroatoms. The van der Waals surface area contributed by atoms with Gasteiger partial charge in [-0.25, -0.2) is 0 Å². The second-order valence-corrected chi connectivity index (χ2v) is 7.54. The SMILES string of the molecule is OC(COc1ccc2ccccc2c1)CN1CCN(Cc2ccccc2)CC1.[Cl-].[Cl-]. The highest BCUT2D eigenvalue weighted by atomic mass is 35.5. The summed E-state index contributed by atoms with van der Waals surface area (Å²) in [6, 6.07) is 24.9. The van der Waals surface area contributed by atoms with Gasteiger partial charge in [-0.3, -0.25) is 9.80 Å². The third-order valence-electron chi connectivity index (χ3n) is 5.35. The van der Waals surface area contributed by atoms with Gasteiger partial charge in [0.05, 0.1) is 0 Å². The Bertz CT molecular complexity index is 887. The van der Waals surface area contributed by atoms with Crippen LogP contribution in [0, 0.1) is 0 Å². The fourth-order valence-electron chi connectivity index (χ4n) is 3.77. The quantitative estimate of drug-likeness (QED) is 0.431. The Morgan fingerprint density at radius 1 is 0.767 bits per heavy atom. The molecule has 1 saturated heterocycles. The Balaban J connectivity index is 0.00000160. The van der Waals surface area contributed by atoms with Crippen molar-refractivity contribution in [2.45, 2.75) is 12.6 Å². The third kappa shape index (κ3) is 6.86. The minimum Gasteiger partial charge on any atom is -1.00 e. The van der Waals surface area contributed by atoms with E-state index in [4.69, 9.17) is 4.74 Å². The zero-order valence-electron chi connectivity index (χ0n) is 17.0. The van der Waals surface area contributed by atoms with Crippen LogP contribution >= 0.6 is 0 Å². The molecule has 1 N–H and O–H groups in total. The molecule has 0 saturated carbocycles. The molecule has 162 valence electrons. The minimum absolute atomic E-state index is 0. The summed E-state index contributed by atoms with van der Waals surface area (Å²) >= 11 is 0.